The van der Waals surface area contributed by atoms with Gasteiger partial charge < -0.3 is 0 Å². The lowest BCUT2D eigenvalue weighted by Crippen LogP contribution is -2.36. The number of likely N-dealkylation sites (tertiary alicyclic amines) is 1. The number of benzene rings is 2. The first kappa shape index (κ1) is 21.7. The zero-order valence-electron chi connectivity index (χ0n) is 19.0. The van der Waals surface area contributed by atoms with Crippen LogP contribution in [-0.2, 0) is 13.1 Å². The standard InChI is InChI=1S/C27H29N5S/c1-21-8-5-6-12-25(21)32-26(24-11-7-15-28-19-24)29-31(27(32)33)20-30-16-13-23(14-17-30)18-22-9-3-2-4-10-22/h2-12,15,19,23H,13-14,16-18,20H2,1H3. The summed E-state index contributed by atoms with van der Waals surface area (Å²) in [6.45, 7) is 4.96. The fraction of sp³-hybridized carbons (Fsp3) is 0.296. The number of rotatable bonds is 6. The van der Waals surface area contributed by atoms with Crippen molar-refractivity contribution < 1.29 is 0 Å². The SMILES string of the molecule is Cc1ccccc1-n1c(-c2cccnc2)nn(CN2CCC(Cc3ccccc3)CC2)c1=S. The summed E-state index contributed by atoms with van der Waals surface area (Å²) in [6.07, 6.45) is 7.21. The highest BCUT2D eigenvalue weighted by molar-refractivity contribution is 7.71. The first-order valence-electron chi connectivity index (χ1n) is 11.6. The van der Waals surface area contributed by atoms with Gasteiger partial charge in [-0.15, -0.1) is 5.10 Å². The van der Waals surface area contributed by atoms with Crippen molar-refractivity contribution in [2.75, 3.05) is 13.1 Å². The van der Waals surface area contributed by atoms with E-state index >= 15 is 0 Å². The Bertz CT molecular complexity index is 1250. The van der Waals surface area contributed by atoms with E-state index in [0.29, 0.717) is 6.67 Å². The summed E-state index contributed by atoms with van der Waals surface area (Å²) in [5.74, 6) is 1.58. The molecule has 1 aliphatic heterocycles. The third-order valence-electron chi connectivity index (χ3n) is 6.52. The Labute approximate surface area is 200 Å². The Hall–Kier alpha value is -3.09. The molecule has 33 heavy (non-hydrogen) atoms. The van der Waals surface area contributed by atoms with Gasteiger partial charge in [0.15, 0.2) is 5.82 Å². The number of nitrogens with zero attached hydrogens (tertiary/aromatic N) is 5. The average Bonchev–Trinajstić information content (AvgIpc) is 3.17. The van der Waals surface area contributed by atoms with Crippen molar-refractivity contribution in [2.45, 2.75) is 32.9 Å². The van der Waals surface area contributed by atoms with Gasteiger partial charge in [0.1, 0.15) is 0 Å². The van der Waals surface area contributed by atoms with Crippen molar-refractivity contribution in [1.82, 2.24) is 24.2 Å². The van der Waals surface area contributed by atoms with E-state index in [1.807, 2.05) is 29.1 Å². The minimum absolute atomic E-state index is 0.711. The third kappa shape index (κ3) is 4.82. The molecule has 6 heteroatoms. The minimum Gasteiger partial charge on any atom is -0.284 e. The summed E-state index contributed by atoms with van der Waals surface area (Å²) in [5.41, 5.74) is 4.64. The molecule has 0 N–H and O–H groups in total. The molecule has 0 atom stereocenters. The van der Waals surface area contributed by atoms with Gasteiger partial charge in [-0.3, -0.25) is 14.5 Å². The molecule has 4 aromatic rings. The van der Waals surface area contributed by atoms with Crippen LogP contribution in [0.15, 0.2) is 79.1 Å². The summed E-state index contributed by atoms with van der Waals surface area (Å²) < 4.78 is 4.78. The zero-order chi connectivity index (χ0) is 22.6. The van der Waals surface area contributed by atoms with Crippen molar-refractivity contribution in [2.24, 2.45) is 5.92 Å². The van der Waals surface area contributed by atoms with Crippen LogP contribution in [0, 0.1) is 17.6 Å². The number of aromatic nitrogens is 4. The number of pyridine rings is 1. The van der Waals surface area contributed by atoms with E-state index in [1.165, 1.54) is 30.4 Å². The number of hydrogen-bond donors (Lipinski definition) is 0. The van der Waals surface area contributed by atoms with Crippen molar-refractivity contribution in [3.63, 3.8) is 0 Å². The van der Waals surface area contributed by atoms with E-state index in [2.05, 4.69) is 69.9 Å². The Morgan fingerprint density at radius 1 is 0.939 bits per heavy atom. The third-order valence-corrected chi connectivity index (χ3v) is 6.92. The van der Waals surface area contributed by atoms with Crippen LogP contribution < -0.4 is 0 Å². The van der Waals surface area contributed by atoms with Gasteiger partial charge in [0.05, 0.1) is 12.4 Å². The van der Waals surface area contributed by atoms with E-state index < -0.39 is 0 Å². The molecule has 168 valence electrons. The molecule has 0 saturated carbocycles. The molecule has 0 unspecified atom stereocenters. The van der Waals surface area contributed by atoms with Crippen LogP contribution in [0.5, 0.6) is 0 Å². The van der Waals surface area contributed by atoms with Gasteiger partial charge in [-0.1, -0.05) is 48.5 Å². The van der Waals surface area contributed by atoms with Crippen LogP contribution in [0.1, 0.15) is 24.0 Å². The van der Waals surface area contributed by atoms with E-state index in [-0.39, 0.29) is 0 Å². The highest BCUT2D eigenvalue weighted by Gasteiger charge is 2.22. The van der Waals surface area contributed by atoms with Gasteiger partial charge in [0, 0.05) is 31.0 Å². The van der Waals surface area contributed by atoms with E-state index in [4.69, 9.17) is 17.3 Å². The van der Waals surface area contributed by atoms with Crippen LogP contribution >= 0.6 is 12.2 Å². The van der Waals surface area contributed by atoms with Gasteiger partial charge in [-0.2, -0.15) is 0 Å². The quantitative estimate of drug-likeness (QED) is 0.350. The lowest BCUT2D eigenvalue weighted by molar-refractivity contribution is 0.140. The smallest absolute Gasteiger partial charge is 0.204 e. The van der Waals surface area contributed by atoms with Gasteiger partial charge in [-0.25, -0.2) is 4.68 Å². The molecule has 2 aromatic carbocycles. The van der Waals surface area contributed by atoms with E-state index in [1.54, 1.807) is 6.20 Å². The lowest BCUT2D eigenvalue weighted by Gasteiger charge is -2.31. The Morgan fingerprint density at radius 2 is 1.70 bits per heavy atom. The Balaban J connectivity index is 1.37. The zero-order valence-corrected chi connectivity index (χ0v) is 19.8. The first-order chi connectivity index (χ1) is 16.2. The van der Waals surface area contributed by atoms with Crippen molar-refractivity contribution in [3.05, 3.63) is 95.0 Å². The molecular weight excluding hydrogens is 426 g/mol. The maximum Gasteiger partial charge on any atom is 0.204 e. The number of hydrogen-bond acceptors (Lipinski definition) is 4. The average molecular weight is 456 g/mol. The second kappa shape index (κ2) is 9.81. The van der Waals surface area contributed by atoms with Crippen molar-refractivity contribution >= 4 is 12.2 Å². The lowest BCUT2D eigenvalue weighted by atomic mass is 9.90. The largest absolute Gasteiger partial charge is 0.284 e. The predicted octanol–water partition coefficient (Wildman–Crippen LogP) is 5.69. The molecule has 0 bridgehead atoms. The fourth-order valence-electron chi connectivity index (χ4n) is 4.68. The van der Waals surface area contributed by atoms with Gasteiger partial charge in [-0.05, 0) is 73.6 Å². The van der Waals surface area contributed by atoms with Gasteiger partial charge in [0.2, 0.25) is 4.77 Å². The molecule has 1 aliphatic rings. The molecule has 2 aromatic heterocycles. The monoisotopic (exact) mass is 455 g/mol. The minimum atomic E-state index is 0.711. The number of piperidine rings is 1. The second-order valence-corrected chi connectivity index (χ2v) is 9.23. The molecule has 5 rings (SSSR count). The maximum atomic E-state index is 5.95. The van der Waals surface area contributed by atoms with Crippen LogP contribution in [0.2, 0.25) is 0 Å². The summed E-state index contributed by atoms with van der Waals surface area (Å²) in [6, 6.07) is 23.1. The fourth-order valence-corrected chi connectivity index (χ4v) is 4.97. The first-order valence-corrected chi connectivity index (χ1v) is 12.0. The molecule has 0 radical (unpaired) electrons. The maximum absolute atomic E-state index is 5.95. The number of aryl methyl sites for hydroxylation is 1. The second-order valence-electron chi connectivity index (χ2n) is 8.86. The van der Waals surface area contributed by atoms with Crippen LogP contribution in [0.4, 0.5) is 0 Å². The van der Waals surface area contributed by atoms with Crippen molar-refractivity contribution in [3.8, 4) is 17.1 Å². The highest BCUT2D eigenvalue weighted by Crippen LogP contribution is 2.26. The summed E-state index contributed by atoms with van der Waals surface area (Å²) in [7, 11) is 0. The predicted molar refractivity (Wildman–Crippen MR) is 135 cm³/mol. The Morgan fingerprint density at radius 3 is 2.42 bits per heavy atom. The topological polar surface area (TPSA) is 38.9 Å². The van der Waals surface area contributed by atoms with Gasteiger partial charge in [0.25, 0.3) is 0 Å². The molecule has 3 heterocycles. The van der Waals surface area contributed by atoms with Crippen LogP contribution in [0.25, 0.3) is 17.1 Å². The molecule has 1 fully saturated rings. The van der Waals surface area contributed by atoms with Crippen molar-refractivity contribution in [1.29, 1.82) is 0 Å². The summed E-state index contributed by atoms with van der Waals surface area (Å²) in [5, 5.41) is 4.97. The molecular formula is C27H29N5S. The normalized spacial score (nSPS) is 15.1. The molecule has 1 saturated heterocycles. The van der Waals surface area contributed by atoms with E-state index in [0.717, 1.165) is 40.9 Å². The van der Waals surface area contributed by atoms with Crippen LogP contribution in [-0.4, -0.2) is 37.3 Å². The molecule has 0 amide bonds. The highest BCUT2D eigenvalue weighted by atomic mass is 32.1. The van der Waals surface area contributed by atoms with E-state index in [9.17, 15) is 0 Å². The summed E-state index contributed by atoms with van der Waals surface area (Å²) in [4.78, 5) is 6.78. The number of para-hydroxylation sites is 1. The molecule has 5 nitrogen and oxygen atoms in total. The molecule has 0 aliphatic carbocycles. The van der Waals surface area contributed by atoms with Crippen LogP contribution in [0.3, 0.4) is 0 Å². The summed E-state index contributed by atoms with van der Waals surface area (Å²) >= 11 is 5.95. The van der Waals surface area contributed by atoms with Gasteiger partial charge >= 0.3 is 0 Å². The molecule has 0 spiro atoms. The Kier molecular flexibility index (Phi) is 6.46.